The number of pyridine rings is 1. The van der Waals surface area contributed by atoms with Gasteiger partial charge in [-0.05, 0) is 106 Å². The van der Waals surface area contributed by atoms with Gasteiger partial charge in [0.25, 0.3) is 0 Å². The third-order valence-electron chi connectivity index (χ3n) is 8.48. The van der Waals surface area contributed by atoms with Gasteiger partial charge in [0.1, 0.15) is 11.6 Å². The molecular formula is C33H46N4O2. The quantitative estimate of drug-likeness (QED) is 0.317. The molecule has 0 radical (unpaired) electrons. The van der Waals surface area contributed by atoms with Crippen molar-refractivity contribution in [3.8, 4) is 5.75 Å². The van der Waals surface area contributed by atoms with E-state index in [1.807, 2.05) is 23.2 Å². The highest BCUT2D eigenvalue weighted by atomic mass is 16.5. The fourth-order valence-corrected chi connectivity index (χ4v) is 6.17. The molecule has 2 fully saturated rings. The Kier molecular flexibility index (Phi) is 10.2. The Labute approximate surface area is 234 Å². The molecule has 1 aromatic carbocycles. The summed E-state index contributed by atoms with van der Waals surface area (Å²) in [6, 6.07) is 10.8. The molecule has 0 atom stereocenters. The van der Waals surface area contributed by atoms with Crippen molar-refractivity contribution in [2.45, 2.75) is 90.5 Å². The van der Waals surface area contributed by atoms with Crippen molar-refractivity contribution in [3.63, 3.8) is 0 Å². The van der Waals surface area contributed by atoms with Crippen LogP contribution in [0.15, 0.2) is 42.7 Å². The van der Waals surface area contributed by atoms with Crippen LogP contribution >= 0.6 is 0 Å². The Morgan fingerprint density at radius 1 is 1.10 bits per heavy atom. The molecule has 6 nitrogen and oxygen atoms in total. The van der Waals surface area contributed by atoms with Gasteiger partial charge in [0.2, 0.25) is 5.91 Å². The zero-order valence-electron chi connectivity index (χ0n) is 24.2. The summed E-state index contributed by atoms with van der Waals surface area (Å²) in [6.07, 6.45) is 14.9. The van der Waals surface area contributed by atoms with Crippen molar-refractivity contribution >= 4 is 23.5 Å². The summed E-state index contributed by atoms with van der Waals surface area (Å²) in [5.74, 6) is 2.99. The normalized spacial score (nSPS) is 20.5. The van der Waals surface area contributed by atoms with Crippen LogP contribution in [-0.2, 0) is 4.79 Å². The van der Waals surface area contributed by atoms with E-state index in [0.29, 0.717) is 24.2 Å². The molecule has 1 aromatic heterocycles. The number of aryl methyl sites for hydroxylation is 1. The molecule has 2 aromatic rings. The summed E-state index contributed by atoms with van der Waals surface area (Å²) in [4.78, 5) is 20.6. The second-order valence-electron chi connectivity index (χ2n) is 11.7. The van der Waals surface area contributed by atoms with Gasteiger partial charge in [-0.1, -0.05) is 31.4 Å². The first-order chi connectivity index (χ1) is 18.9. The molecular weight excluding hydrogens is 484 g/mol. The van der Waals surface area contributed by atoms with Crippen molar-refractivity contribution in [1.82, 2.24) is 10.3 Å². The lowest BCUT2D eigenvalue weighted by Gasteiger charge is -2.35. The standard InChI is InChI=1S/C33H46N4O2/c1-23(2)36-21-30(20-34)29-16-17-35-32(19-29)37(33(38)27-8-6-5-7-9-27)22-25-10-12-26(13-11-25)28-14-15-31(39-4)24(3)18-28/h14-21,23,25-27,34,36H,5-13,22H2,1-4H3/b30-21+,34-20?. The van der Waals surface area contributed by atoms with Crippen molar-refractivity contribution in [2.75, 3.05) is 18.6 Å². The second-order valence-corrected chi connectivity index (χ2v) is 11.7. The number of nitrogens with one attached hydrogen (secondary N) is 2. The van der Waals surface area contributed by atoms with Gasteiger partial charge in [0, 0.05) is 42.7 Å². The minimum atomic E-state index is 0.0863. The number of amides is 1. The smallest absolute Gasteiger partial charge is 0.231 e. The molecule has 1 heterocycles. The van der Waals surface area contributed by atoms with Crippen LogP contribution in [-0.4, -0.2) is 36.8 Å². The molecule has 0 unspecified atom stereocenters. The average molecular weight is 531 g/mol. The average Bonchev–Trinajstić information content (AvgIpc) is 2.96. The SMILES string of the molecule is COc1ccc(C2CCC(CN(C(=O)C3CCCCC3)c3cc(/C(C=N)=C/NC(C)C)ccn3)CC2)cc1C. The molecule has 2 aliphatic rings. The summed E-state index contributed by atoms with van der Waals surface area (Å²) < 4.78 is 5.45. The van der Waals surface area contributed by atoms with E-state index in [1.54, 1.807) is 13.3 Å². The molecule has 2 aliphatic carbocycles. The van der Waals surface area contributed by atoms with E-state index in [0.717, 1.165) is 68.3 Å². The summed E-state index contributed by atoms with van der Waals surface area (Å²) >= 11 is 0. The Balaban J connectivity index is 1.52. The van der Waals surface area contributed by atoms with Gasteiger partial charge in [0.05, 0.1) is 7.11 Å². The maximum atomic E-state index is 13.9. The number of hydrogen-bond acceptors (Lipinski definition) is 5. The van der Waals surface area contributed by atoms with E-state index >= 15 is 0 Å². The van der Waals surface area contributed by atoms with Crippen molar-refractivity contribution in [3.05, 3.63) is 59.4 Å². The van der Waals surface area contributed by atoms with Gasteiger partial charge < -0.3 is 15.5 Å². The molecule has 0 aliphatic heterocycles. The van der Waals surface area contributed by atoms with E-state index in [9.17, 15) is 4.79 Å². The first-order valence-corrected chi connectivity index (χ1v) is 14.8. The summed E-state index contributed by atoms with van der Waals surface area (Å²) in [5, 5.41) is 11.2. The van der Waals surface area contributed by atoms with E-state index < -0.39 is 0 Å². The Morgan fingerprint density at radius 3 is 2.49 bits per heavy atom. The number of anilines is 1. The number of aromatic nitrogens is 1. The fourth-order valence-electron chi connectivity index (χ4n) is 6.17. The molecule has 39 heavy (non-hydrogen) atoms. The minimum Gasteiger partial charge on any atom is -0.496 e. The minimum absolute atomic E-state index is 0.0863. The van der Waals surface area contributed by atoms with Crippen LogP contribution in [0, 0.1) is 24.2 Å². The second kappa shape index (κ2) is 13.8. The highest BCUT2D eigenvalue weighted by molar-refractivity contribution is 6.08. The van der Waals surface area contributed by atoms with Crippen molar-refractivity contribution in [2.24, 2.45) is 11.8 Å². The van der Waals surface area contributed by atoms with Crippen LogP contribution < -0.4 is 15.0 Å². The van der Waals surface area contributed by atoms with Gasteiger partial charge in [0.15, 0.2) is 0 Å². The van der Waals surface area contributed by atoms with Crippen LogP contribution in [0.1, 0.15) is 94.2 Å². The van der Waals surface area contributed by atoms with E-state index in [4.69, 9.17) is 15.1 Å². The number of hydrogen-bond donors (Lipinski definition) is 2. The van der Waals surface area contributed by atoms with Crippen LogP contribution in [0.25, 0.3) is 5.57 Å². The molecule has 4 rings (SSSR count). The van der Waals surface area contributed by atoms with Crippen molar-refractivity contribution in [1.29, 1.82) is 5.41 Å². The Morgan fingerprint density at radius 2 is 1.85 bits per heavy atom. The maximum Gasteiger partial charge on any atom is 0.231 e. The van der Waals surface area contributed by atoms with Crippen LogP contribution in [0.5, 0.6) is 5.75 Å². The summed E-state index contributed by atoms with van der Waals surface area (Å²) in [6.45, 7) is 6.98. The predicted octanol–water partition coefficient (Wildman–Crippen LogP) is 7.27. The number of benzene rings is 1. The molecule has 0 saturated heterocycles. The monoisotopic (exact) mass is 530 g/mol. The molecule has 1 amide bonds. The third kappa shape index (κ3) is 7.49. The molecule has 2 saturated carbocycles. The molecule has 6 heteroatoms. The van der Waals surface area contributed by atoms with E-state index in [1.165, 1.54) is 23.8 Å². The van der Waals surface area contributed by atoms with Gasteiger partial charge in [-0.25, -0.2) is 4.98 Å². The highest BCUT2D eigenvalue weighted by Crippen LogP contribution is 2.38. The number of rotatable bonds is 10. The number of nitrogens with zero attached hydrogens (tertiary/aromatic N) is 2. The van der Waals surface area contributed by atoms with Crippen molar-refractivity contribution < 1.29 is 9.53 Å². The fraction of sp³-hybridized carbons (Fsp3) is 0.545. The first kappa shape index (κ1) is 28.8. The third-order valence-corrected chi connectivity index (χ3v) is 8.48. The highest BCUT2D eigenvalue weighted by Gasteiger charge is 2.31. The number of ether oxygens (including phenoxy) is 1. The topological polar surface area (TPSA) is 78.3 Å². The van der Waals surface area contributed by atoms with Crippen LogP contribution in [0.3, 0.4) is 0 Å². The maximum absolute atomic E-state index is 13.9. The lowest BCUT2D eigenvalue weighted by atomic mass is 9.78. The number of allylic oxidation sites excluding steroid dienone is 1. The van der Waals surface area contributed by atoms with E-state index in [-0.39, 0.29) is 17.9 Å². The predicted molar refractivity (Wildman–Crippen MR) is 161 cm³/mol. The lowest BCUT2D eigenvalue weighted by Crippen LogP contribution is -2.41. The van der Waals surface area contributed by atoms with Crippen LogP contribution in [0.2, 0.25) is 0 Å². The molecule has 0 bridgehead atoms. The van der Waals surface area contributed by atoms with Gasteiger partial charge >= 0.3 is 0 Å². The zero-order valence-corrected chi connectivity index (χ0v) is 24.2. The summed E-state index contributed by atoms with van der Waals surface area (Å²) in [5.41, 5.74) is 4.28. The molecule has 2 N–H and O–H groups in total. The van der Waals surface area contributed by atoms with Crippen LogP contribution in [0.4, 0.5) is 5.82 Å². The molecule has 210 valence electrons. The summed E-state index contributed by atoms with van der Waals surface area (Å²) in [7, 11) is 1.73. The Bertz CT molecular complexity index is 1140. The molecule has 0 spiro atoms. The number of carbonyl (C=O) groups is 1. The van der Waals surface area contributed by atoms with Gasteiger partial charge in [-0.2, -0.15) is 0 Å². The zero-order chi connectivity index (χ0) is 27.8. The number of methoxy groups -OCH3 is 1. The largest absolute Gasteiger partial charge is 0.496 e. The van der Waals surface area contributed by atoms with E-state index in [2.05, 4.69) is 44.3 Å². The Hall–Kier alpha value is -3.15. The first-order valence-electron chi connectivity index (χ1n) is 14.8. The van der Waals surface area contributed by atoms with Gasteiger partial charge in [-0.3, -0.25) is 9.69 Å². The lowest BCUT2D eigenvalue weighted by molar-refractivity contribution is -0.123. The number of carbonyl (C=O) groups excluding carboxylic acids is 1. The van der Waals surface area contributed by atoms with Gasteiger partial charge in [-0.15, -0.1) is 0 Å².